The molecule has 0 N–H and O–H groups in total. The highest BCUT2D eigenvalue weighted by Crippen LogP contribution is 2.39. The van der Waals surface area contributed by atoms with Crippen LogP contribution in [0.25, 0.3) is 0 Å². The third-order valence-electron chi connectivity index (χ3n) is 5.16. The van der Waals surface area contributed by atoms with Gasteiger partial charge in [0, 0.05) is 32.1 Å². The molecule has 0 bridgehead atoms. The van der Waals surface area contributed by atoms with E-state index in [0.717, 1.165) is 12.0 Å². The van der Waals surface area contributed by atoms with E-state index in [1.807, 2.05) is 17.0 Å². The molecule has 1 amide bonds. The van der Waals surface area contributed by atoms with Crippen LogP contribution in [0.4, 0.5) is 0 Å². The molecule has 0 unspecified atom stereocenters. The molecule has 1 aliphatic carbocycles. The fourth-order valence-corrected chi connectivity index (χ4v) is 4.65. The van der Waals surface area contributed by atoms with Crippen LogP contribution in [0.3, 0.4) is 0 Å². The lowest BCUT2D eigenvalue weighted by molar-refractivity contribution is -0.134. The summed E-state index contributed by atoms with van der Waals surface area (Å²) in [5.41, 5.74) is 1.13. The number of carbonyl (C=O) groups excluding carboxylic acids is 1. The summed E-state index contributed by atoms with van der Waals surface area (Å²) in [6.45, 7) is 7.99. The maximum atomic E-state index is 12.8. The van der Waals surface area contributed by atoms with Crippen LogP contribution in [0.1, 0.15) is 38.7 Å². The van der Waals surface area contributed by atoms with Gasteiger partial charge in [0.1, 0.15) is 0 Å². The Morgan fingerprint density at radius 2 is 1.62 bits per heavy atom. The average Bonchev–Trinajstić information content (AvgIpc) is 3.31. The first kappa shape index (κ1) is 17.4. The van der Waals surface area contributed by atoms with E-state index in [1.165, 1.54) is 4.31 Å². The van der Waals surface area contributed by atoms with Gasteiger partial charge in [-0.25, -0.2) is 8.42 Å². The van der Waals surface area contributed by atoms with Gasteiger partial charge in [-0.3, -0.25) is 4.79 Å². The minimum Gasteiger partial charge on any atom is -0.340 e. The molecule has 3 rings (SSSR count). The molecule has 1 saturated carbocycles. The van der Waals surface area contributed by atoms with Crippen molar-refractivity contribution in [2.24, 2.45) is 11.8 Å². The molecule has 5 nitrogen and oxygen atoms in total. The van der Waals surface area contributed by atoms with Gasteiger partial charge < -0.3 is 4.90 Å². The fourth-order valence-electron chi connectivity index (χ4n) is 3.22. The normalized spacial score (nSPS) is 25.1. The van der Waals surface area contributed by atoms with E-state index >= 15 is 0 Å². The van der Waals surface area contributed by atoms with Crippen molar-refractivity contribution in [2.75, 3.05) is 26.2 Å². The number of sulfonamides is 1. The molecule has 2 atom stereocenters. The molecule has 0 spiro atoms. The number of hydrogen-bond donors (Lipinski definition) is 0. The maximum Gasteiger partial charge on any atom is 0.243 e. The standard InChI is InChI=1S/C18H26N2O3S/c1-13(2)15-4-6-16(7-5-15)24(22,23)20-10-8-19(9-11-20)18(21)17-12-14(17)3/h4-7,13-14,17H,8-12H2,1-3H3/t14-,17+/m1/s1. The van der Waals surface area contributed by atoms with Crippen LogP contribution >= 0.6 is 0 Å². The van der Waals surface area contributed by atoms with Crippen molar-refractivity contribution in [3.63, 3.8) is 0 Å². The smallest absolute Gasteiger partial charge is 0.243 e. The molecular formula is C18H26N2O3S. The van der Waals surface area contributed by atoms with Gasteiger partial charge >= 0.3 is 0 Å². The molecule has 1 saturated heterocycles. The van der Waals surface area contributed by atoms with Gasteiger partial charge in [-0.15, -0.1) is 0 Å². The first-order valence-electron chi connectivity index (χ1n) is 8.69. The van der Waals surface area contributed by atoms with Crippen LogP contribution < -0.4 is 0 Å². The molecular weight excluding hydrogens is 324 g/mol. The Balaban J connectivity index is 1.65. The monoisotopic (exact) mass is 350 g/mol. The highest BCUT2D eigenvalue weighted by atomic mass is 32.2. The van der Waals surface area contributed by atoms with Gasteiger partial charge in [-0.1, -0.05) is 32.9 Å². The van der Waals surface area contributed by atoms with Crippen molar-refractivity contribution in [1.29, 1.82) is 0 Å². The van der Waals surface area contributed by atoms with Crippen LogP contribution in [0, 0.1) is 11.8 Å². The minimum atomic E-state index is -3.47. The summed E-state index contributed by atoms with van der Waals surface area (Å²) in [6.07, 6.45) is 0.972. The van der Waals surface area contributed by atoms with Crippen molar-refractivity contribution in [3.8, 4) is 0 Å². The lowest BCUT2D eigenvalue weighted by atomic mass is 10.0. The molecule has 132 valence electrons. The highest BCUT2D eigenvalue weighted by molar-refractivity contribution is 7.89. The SMILES string of the molecule is CC(C)c1ccc(S(=O)(=O)N2CCN(C(=O)[C@H]3C[C@H]3C)CC2)cc1. The largest absolute Gasteiger partial charge is 0.340 e. The molecule has 1 aliphatic heterocycles. The summed E-state index contributed by atoms with van der Waals surface area (Å²) in [4.78, 5) is 14.4. The van der Waals surface area contributed by atoms with Crippen molar-refractivity contribution in [3.05, 3.63) is 29.8 Å². The second kappa shape index (κ2) is 6.48. The van der Waals surface area contributed by atoms with Gasteiger partial charge in [-0.05, 0) is 36.0 Å². The number of carbonyl (C=O) groups is 1. The lowest BCUT2D eigenvalue weighted by Gasteiger charge is -2.34. The van der Waals surface area contributed by atoms with Gasteiger partial charge in [0.25, 0.3) is 0 Å². The second-order valence-corrected chi connectivity index (χ2v) is 9.21. The Hall–Kier alpha value is -1.40. The lowest BCUT2D eigenvalue weighted by Crippen LogP contribution is -2.51. The number of hydrogen-bond acceptors (Lipinski definition) is 3. The van der Waals surface area contributed by atoms with Crippen molar-refractivity contribution in [2.45, 2.75) is 38.0 Å². The quantitative estimate of drug-likeness (QED) is 0.837. The Morgan fingerprint density at radius 3 is 2.08 bits per heavy atom. The van der Waals surface area contributed by atoms with Gasteiger partial charge in [-0.2, -0.15) is 4.31 Å². The second-order valence-electron chi connectivity index (χ2n) is 7.27. The minimum absolute atomic E-state index is 0.164. The van der Waals surface area contributed by atoms with E-state index < -0.39 is 10.0 Å². The van der Waals surface area contributed by atoms with Crippen LogP contribution in [-0.2, 0) is 14.8 Å². The average molecular weight is 350 g/mol. The summed E-state index contributed by atoms with van der Waals surface area (Å²) in [5.74, 6) is 1.22. The molecule has 6 heteroatoms. The number of piperazine rings is 1. The van der Waals surface area contributed by atoms with Gasteiger partial charge in [0.2, 0.25) is 15.9 Å². The highest BCUT2D eigenvalue weighted by Gasteiger charge is 2.42. The molecule has 2 aliphatic rings. The molecule has 2 fully saturated rings. The molecule has 0 aromatic heterocycles. The number of rotatable bonds is 4. The predicted molar refractivity (Wildman–Crippen MR) is 93.1 cm³/mol. The third-order valence-corrected chi connectivity index (χ3v) is 7.07. The first-order chi connectivity index (χ1) is 11.3. The predicted octanol–water partition coefficient (Wildman–Crippen LogP) is 2.30. The maximum absolute atomic E-state index is 12.8. The Kier molecular flexibility index (Phi) is 4.71. The van der Waals surface area contributed by atoms with Crippen LogP contribution in [0.15, 0.2) is 29.2 Å². The Morgan fingerprint density at radius 1 is 1.08 bits per heavy atom. The Labute approximate surface area is 144 Å². The number of nitrogens with zero attached hydrogens (tertiary/aromatic N) is 2. The number of benzene rings is 1. The van der Waals surface area contributed by atoms with Gasteiger partial charge in [0.15, 0.2) is 0 Å². The molecule has 1 aromatic carbocycles. The summed E-state index contributed by atoms with van der Waals surface area (Å²) < 4.78 is 27.0. The van der Waals surface area contributed by atoms with Crippen molar-refractivity contribution >= 4 is 15.9 Å². The van der Waals surface area contributed by atoms with E-state index in [2.05, 4.69) is 20.8 Å². The summed E-state index contributed by atoms with van der Waals surface area (Å²) in [6, 6.07) is 7.14. The van der Waals surface area contributed by atoms with E-state index in [4.69, 9.17) is 0 Å². The number of amides is 1. The van der Waals surface area contributed by atoms with Crippen molar-refractivity contribution < 1.29 is 13.2 Å². The summed E-state index contributed by atoms with van der Waals surface area (Å²) >= 11 is 0. The zero-order valence-corrected chi connectivity index (χ0v) is 15.4. The molecule has 0 radical (unpaired) electrons. The van der Waals surface area contributed by atoms with Crippen LogP contribution in [-0.4, -0.2) is 49.7 Å². The Bertz CT molecular complexity index is 704. The first-order valence-corrected chi connectivity index (χ1v) is 10.1. The van der Waals surface area contributed by atoms with E-state index in [1.54, 1.807) is 12.1 Å². The van der Waals surface area contributed by atoms with E-state index in [-0.39, 0.29) is 11.8 Å². The summed E-state index contributed by atoms with van der Waals surface area (Å²) in [5, 5.41) is 0. The van der Waals surface area contributed by atoms with E-state index in [9.17, 15) is 13.2 Å². The molecule has 1 aromatic rings. The summed E-state index contributed by atoms with van der Waals surface area (Å²) in [7, 11) is -3.47. The van der Waals surface area contributed by atoms with E-state index in [0.29, 0.717) is 42.9 Å². The third kappa shape index (κ3) is 3.35. The van der Waals surface area contributed by atoms with Gasteiger partial charge in [0.05, 0.1) is 4.90 Å². The van der Waals surface area contributed by atoms with Crippen molar-refractivity contribution in [1.82, 2.24) is 9.21 Å². The molecule has 1 heterocycles. The fraction of sp³-hybridized carbons (Fsp3) is 0.611. The van der Waals surface area contributed by atoms with Crippen LogP contribution in [0.5, 0.6) is 0 Å². The zero-order chi connectivity index (χ0) is 17.5. The zero-order valence-electron chi connectivity index (χ0n) is 14.6. The molecule has 24 heavy (non-hydrogen) atoms. The van der Waals surface area contributed by atoms with Crippen LogP contribution in [0.2, 0.25) is 0 Å². The topological polar surface area (TPSA) is 57.7 Å².